The molecule has 0 aromatic heterocycles. The molecular weight excluding hydrogens is 564 g/mol. The Morgan fingerprint density at radius 1 is 0.976 bits per heavy atom. The normalized spacial score (nSPS) is 18.7. The van der Waals surface area contributed by atoms with Crippen molar-refractivity contribution in [2.75, 3.05) is 18.8 Å². The SMILES string of the molecule is C/C(=C\C1=C(Cl)C(=O)c2ccccc2C1=O)C(=O)NCCCCCCNC(=O)CCCCC1CC(NC(N)=O)CS1. The van der Waals surface area contributed by atoms with Gasteiger partial charge in [-0.15, -0.1) is 0 Å². The van der Waals surface area contributed by atoms with Crippen LogP contribution in [0, 0.1) is 0 Å². The molecular formula is C30H39ClN4O5S. The number of benzene rings is 1. The number of nitrogens with one attached hydrogen (secondary N) is 3. The number of hydrogen-bond donors (Lipinski definition) is 4. The van der Waals surface area contributed by atoms with Gasteiger partial charge in [-0.3, -0.25) is 19.2 Å². The average molecular weight is 603 g/mol. The van der Waals surface area contributed by atoms with Crippen LogP contribution in [0.1, 0.15) is 85.4 Å². The number of hydrogen-bond acceptors (Lipinski definition) is 6. The van der Waals surface area contributed by atoms with Crippen LogP contribution in [0.5, 0.6) is 0 Å². The smallest absolute Gasteiger partial charge is 0.312 e. The highest BCUT2D eigenvalue weighted by Crippen LogP contribution is 2.31. The van der Waals surface area contributed by atoms with Crippen molar-refractivity contribution in [1.82, 2.24) is 16.0 Å². The second-order valence-electron chi connectivity index (χ2n) is 10.4. The summed E-state index contributed by atoms with van der Waals surface area (Å²) >= 11 is 8.03. The van der Waals surface area contributed by atoms with E-state index in [1.807, 2.05) is 11.8 Å². The van der Waals surface area contributed by atoms with Crippen molar-refractivity contribution in [3.8, 4) is 0 Å². The van der Waals surface area contributed by atoms with E-state index in [1.54, 1.807) is 31.2 Å². The number of allylic oxidation sites excluding steroid dienone is 3. The minimum atomic E-state index is -0.469. The maximum absolute atomic E-state index is 12.8. The first-order valence-electron chi connectivity index (χ1n) is 14.2. The highest BCUT2D eigenvalue weighted by Gasteiger charge is 2.30. The molecule has 0 radical (unpaired) electrons. The lowest BCUT2D eigenvalue weighted by Crippen LogP contribution is -2.38. The van der Waals surface area contributed by atoms with E-state index in [1.165, 1.54) is 6.08 Å². The number of carbonyl (C=O) groups excluding carboxylic acids is 5. The van der Waals surface area contributed by atoms with Crippen molar-refractivity contribution >= 4 is 52.8 Å². The third-order valence-electron chi connectivity index (χ3n) is 7.13. The van der Waals surface area contributed by atoms with Crippen molar-refractivity contribution in [1.29, 1.82) is 0 Å². The zero-order chi connectivity index (χ0) is 29.8. The first-order valence-corrected chi connectivity index (χ1v) is 15.6. The van der Waals surface area contributed by atoms with E-state index in [0.29, 0.717) is 30.3 Å². The van der Waals surface area contributed by atoms with E-state index in [9.17, 15) is 24.0 Å². The molecule has 0 bridgehead atoms. The van der Waals surface area contributed by atoms with Gasteiger partial charge in [0.1, 0.15) is 0 Å². The number of Topliss-reactive ketones (excluding diaryl/α,β-unsaturated/α-hetero) is 2. The van der Waals surface area contributed by atoms with Gasteiger partial charge in [-0.2, -0.15) is 11.8 Å². The van der Waals surface area contributed by atoms with Crippen LogP contribution in [0.15, 0.2) is 46.5 Å². The molecule has 5 N–H and O–H groups in total. The first-order chi connectivity index (χ1) is 19.7. The van der Waals surface area contributed by atoms with E-state index in [-0.39, 0.29) is 45.4 Å². The lowest BCUT2D eigenvalue weighted by atomic mass is 9.88. The minimum Gasteiger partial charge on any atom is -0.356 e. The fourth-order valence-corrected chi connectivity index (χ4v) is 6.57. The fraction of sp³-hybridized carbons (Fsp3) is 0.500. The van der Waals surface area contributed by atoms with Crippen molar-refractivity contribution in [3.05, 3.63) is 57.6 Å². The van der Waals surface area contributed by atoms with Gasteiger partial charge in [0.2, 0.25) is 17.6 Å². The van der Waals surface area contributed by atoms with Crippen LogP contribution in [0.4, 0.5) is 4.79 Å². The predicted molar refractivity (Wildman–Crippen MR) is 162 cm³/mol. The molecule has 11 heteroatoms. The summed E-state index contributed by atoms with van der Waals surface area (Å²) in [5, 5.41) is 8.91. The standard InChI is InChI=1S/C30H39ClN4O5S/c1-19(16-24-26(31)28(38)23-12-6-5-11-22(23)27(24)37)29(39)34-15-9-3-2-8-14-33-25(36)13-7-4-10-21-17-20(18-41-21)35-30(32)40/h5-6,11-12,16,20-21H,2-4,7-10,13-15,17-18H2,1H3,(H,33,36)(H,34,39)(H3,32,35,40)/b19-16+. The Morgan fingerprint density at radius 2 is 1.63 bits per heavy atom. The van der Waals surface area contributed by atoms with Crippen molar-refractivity contribution in [2.45, 2.75) is 76.0 Å². The zero-order valence-corrected chi connectivity index (χ0v) is 25.0. The highest BCUT2D eigenvalue weighted by atomic mass is 35.5. The molecule has 1 aromatic rings. The molecule has 41 heavy (non-hydrogen) atoms. The Balaban J connectivity index is 1.22. The molecule has 2 unspecified atom stereocenters. The van der Waals surface area contributed by atoms with Gasteiger partial charge >= 0.3 is 6.03 Å². The average Bonchev–Trinajstić information content (AvgIpc) is 3.39. The summed E-state index contributed by atoms with van der Waals surface area (Å²) in [6.07, 6.45) is 9.22. The number of ketones is 2. The lowest BCUT2D eigenvalue weighted by molar-refractivity contribution is -0.121. The number of urea groups is 1. The Labute approximate surface area is 250 Å². The van der Waals surface area contributed by atoms with E-state index in [4.69, 9.17) is 17.3 Å². The maximum Gasteiger partial charge on any atom is 0.312 e. The number of halogens is 1. The first kappa shape index (κ1) is 32.4. The largest absolute Gasteiger partial charge is 0.356 e. The predicted octanol–water partition coefficient (Wildman–Crippen LogP) is 4.40. The number of carbonyl (C=O) groups is 5. The number of fused-ring (bicyclic) bond motifs is 1. The van der Waals surface area contributed by atoms with Crippen molar-refractivity contribution < 1.29 is 24.0 Å². The van der Waals surface area contributed by atoms with Crippen LogP contribution < -0.4 is 21.7 Å². The summed E-state index contributed by atoms with van der Waals surface area (Å²) < 4.78 is 0. The molecule has 1 fully saturated rings. The number of amides is 4. The summed E-state index contributed by atoms with van der Waals surface area (Å²) in [6, 6.07) is 6.19. The van der Waals surface area contributed by atoms with Crippen LogP contribution in [-0.2, 0) is 9.59 Å². The third-order valence-corrected chi connectivity index (χ3v) is 9.00. The Morgan fingerprint density at radius 3 is 2.32 bits per heavy atom. The van der Waals surface area contributed by atoms with E-state index < -0.39 is 11.8 Å². The molecule has 4 amide bonds. The summed E-state index contributed by atoms with van der Waals surface area (Å²) in [5.41, 5.74) is 6.06. The molecule has 222 valence electrons. The molecule has 1 aliphatic heterocycles. The Hall–Kier alpha value is -3.11. The van der Waals surface area contributed by atoms with Crippen LogP contribution in [-0.4, -0.2) is 59.5 Å². The second kappa shape index (κ2) is 16.4. The highest BCUT2D eigenvalue weighted by molar-refractivity contribution is 8.00. The summed E-state index contributed by atoms with van der Waals surface area (Å²) in [4.78, 5) is 60.8. The summed E-state index contributed by atoms with van der Waals surface area (Å²) in [7, 11) is 0. The van der Waals surface area contributed by atoms with Gasteiger partial charge in [0.15, 0.2) is 5.78 Å². The Bertz CT molecular complexity index is 1220. The molecule has 0 spiro atoms. The molecule has 1 aliphatic carbocycles. The van der Waals surface area contributed by atoms with Gasteiger partial charge in [-0.05, 0) is 45.1 Å². The number of unbranched alkanes of at least 4 members (excludes halogenated alkanes) is 4. The van der Waals surface area contributed by atoms with Gasteiger partial charge in [-0.1, -0.05) is 55.1 Å². The van der Waals surface area contributed by atoms with Gasteiger partial charge in [-0.25, -0.2) is 4.79 Å². The quantitative estimate of drug-likeness (QED) is 0.173. The van der Waals surface area contributed by atoms with Crippen molar-refractivity contribution in [3.63, 3.8) is 0 Å². The lowest BCUT2D eigenvalue weighted by Gasteiger charge is -2.16. The van der Waals surface area contributed by atoms with Gasteiger partial charge < -0.3 is 21.7 Å². The van der Waals surface area contributed by atoms with Crippen LogP contribution >= 0.6 is 23.4 Å². The molecule has 1 saturated heterocycles. The maximum atomic E-state index is 12.8. The number of nitrogens with two attached hydrogens (primary N) is 1. The van der Waals surface area contributed by atoms with E-state index in [0.717, 1.165) is 57.1 Å². The van der Waals surface area contributed by atoms with Crippen LogP contribution in [0.2, 0.25) is 0 Å². The second-order valence-corrected chi connectivity index (χ2v) is 12.1. The third kappa shape index (κ3) is 10.0. The number of rotatable bonds is 15. The number of thioether (sulfide) groups is 1. The summed E-state index contributed by atoms with van der Waals surface area (Å²) in [5.74, 6) is -0.148. The molecule has 2 atom stereocenters. The fourth-order valence-electron chi connectivity index (χ4n) is 4.90. The van der Waals surface area contributed by atoms with Gasteiger partial charge in [0, 0.05) is 58.8 Å². The molecule has 0 saturated carbocycles. The van der Waals surface area contributed by atoms with E-state index >= 15 is 0 Å². The van der Waals surface area contributed by atoms with E-state index in [2.05, 4.69) is 16.0 Å². The van der Waals surface area contributed by atoms with Crippen molar-refractivity contribution in [2.24, 2.45) is 5.73 Å². The minimum absolute atomic E-state index is 0.0330. The van der Waals surface area contributed by atoms with Gasteiger partial charge in [0.05, 0.1) is 5.03 Å². The molecule has 3 rings (SSSR count). The molecule has 2 aliphatic rings. The summed E-state index contributed by atoms with van der Waals surface area (Å²) in [6.45, 7) is 2.70. The molecule has 1 aromatic carbocycles. The van der Waals surface area contributed by atoms with Crippen LogP contribution in [0.25, 0.3) is 0 Å². The van der Waals surface area contributed by atoms with Gasteiger partial charge in [0.25, 0.3) is 0 Å². The van der Waals surface area contributed by atoms with Crippen LogP contribution in [0.3, 0.4) is 0 Å². The zero-order valence-electron chi connectivity index (χ0n) is 23.4. The monoisotopic (exact) mass is 602 g/mol. The number of primary amides is 1. The Kier molecular flexibility index (Phi) is 12.9. The molecule has 1 heterocycles. The topological polar surface area (TPSA) is 147 Å². The molecule has 9 nitrogen and oxygen atoms in total.